The van der Waals surface area contributed by atoms with Crippen LogP contribution in [0.3, 0.4) is 0 Å². The highest BCUT2D eigenvalue weighted by Gasteiger charge is 2.19. The molecule has 3 rings (SSSR count). The van der Waals surface area contributed by atoms with Crippen molar-refractivity contribution in [1.29, 1.82) is 0 Å². The fourth-order valence-corrected chi connectivity index (χ4v) is 2.88. The number of urea groups is 1. The highest BCUT2D eigenvalue weighted by molar-refractivity contribution is 5.90. The summed E-state index contributed by atoms with van der Waals surface area (Å²) >= 11 is 0. The molecule has 1 aliphatic rings. The zero-order chi connectivity index (χ0) is 16.4. The van der Waals surface area contributed by atoms with Gasteiger partial charge in [-0.15, -0.1) is 0 Å². The van der Waals surface area contributed by atoms with E-state index in [-0.39, 0.29) is 6.03 Å². The van der Waals surface area contributed by atoms with E-state index in [0.717, 1.165) is 24.3 Å². The maximum absolute atomic E-state index is 12.4. The Morgan fingerprint density at radius 2 is 2.13 bits per heavy atom. The summed E-state index contributed by atoms with van der Waals surface area (Å²) in [5.74, 6) is 0. The van der Waals surface area contributed by atoms with Gasteiger partial charge < -0.3 is 10.2 Å². The van der Waals surface area contributed by atoms with Crippen LogP contribution in [0.15, 0.2) is 36.5 Å². The van der Waals surface area contributed by atoms with Crippen molar-refractivity contribution >= 4 is 17.3 Å². The molecule has 0 radical (unpaired) electrons. The molecule has 1 aromatic heterocycles. The maximum atomic E-state index is 12.4. The molecular weight excluding hydrogens is 288 g/mol. The van der Waals surface area contributed by atoms with Crippen molar-refractivity contribution in [2.45, 2.75) is 20.3 Å². The van der Waals surface area contributed by atoms with Gasteiger partial charge >= 0.3 is 6.03 Å². The lowest BCUT2D eigenvalue weighted by atomic mass is 9.98. The van der Waals surface area contributed by atoms with Gasteiger partial charge in [0.2, 0.25) is 0 Å². The van der Waals surface area contributed by atoms with Gasteiger partial charge in [-0.25, -0.2) is 4.79 Å². The number of nitrogens with one attached hydrogen (secondary N) is 1. The standard InChI is InChI=1S/C18H22N4O/c1-13-5-4-6-16(11-13)15-7-9-22(10-8-15)18(23)19-17-12-21(3)20-14(17)2/h4-7,11-12H,8-10H2,1-3H3,(H,19,23). The fraction of sp³-hybridized carbons (Fsp3) is 0.333. The summed E-state index contributed by atoms with van der Waals surface area (Å²) in [5.41, 5.74) is 5.43. The van der Waals surface area contributed by atoms with Crippen molar-refractivity contribution in [2.75, 3.05) is 18.4 Å². The predicted octanol–water partition coefficient (Wildman–Crippen LogP) is 3.36. The highest BCUT2D eigenvalue weighted by Crippen LogP contribution is 2.23. The first kappa shape index (κ1) is 15.3. The van der Waals surface area contributed by atoms with E-state index in [2.05, 4.69) is 47.7 Å². The molecule has 0 atom stereocenters. The number of amides is 2. The van der Waals surface area contributed by atoms with Gasteiger partial charge in [0, 0.05) is 26.3 Å². The van der Waals surface area contributed by atoms with Crippen LogP contribution in [0.2, 0.25) is 0 Å². The molecular formula is C18H22N4O. The molecule has 1 aromatic carbocycles. The largest absolute Gasteiger partial charge is 0.322 e. The Bertz CT molecular complexity index is 760. The molecule has 5 nitrogen and oxygen atoms in total. The van der Waals surface area contributed by atoms with Crippen molar-refractivity contribution in [3.05, 3.63) is 53.4 Å². The van der Waals surface area contributed by atoms with E-state index in [1.54, 1.807) is 4.68 Å². The van der Waals surface area contributed by atoms with Gasteiger partial charge in [0.25, 0.3) is 0 Å². The summed E-state index contributed by atoms with van der Waals surface area (Å²) in [7, 11) is 1.85. The predicted molar refractivity (Wildman–Crippen MR) is 92.3 cm³/mol. The third-order valence-electron chi connectivity index (χ3n) is 4.14. The Hall–Kier alpha value is -2.56. The number of hydrogen-bond donors (Lipinski definition) is 1. The molecule has 0 unspecified atom stereocenters. The minimum Gasteiger partial charge on any atom is -0.320 e. The van der Waals surface area contributed by atoms with Crippen LogP contribution in [-0.2, 0) is 7.05 Å². The maximum Gasteiger partial charge on any atom is 0.322 e. The number of carbonyl (C=O) groups is 1. The Morgan fingerprint density at radius 3 is 2.74 bits per heavy atom. The van der Waals surface area contributed by atoms with E-state index in [1.807, 2.05) is 25.1 Å². The molecule has 1 N–H and O–H groups in total. The molecule has 0 aliphatic carbocycles. The van der Waals surface area contributed by atoms with Crippen molar-refractivity contribution < 1.29 is 4.79 Å². The molecule has 0 saturated carbocycles. The molecule has 5 heteroatoms. The Labute approximate surface area is 136 Å². The van der Waals surface area contributed by atoms with Crippen molar-refractivity contribution in [3.8, 4) is 0 Å². The minimum absolute atomic E-state index is 0.0688. The van der Waals surface area contributed by atoms with Crippen molar-refractivity contribution in [1.82, 2.24) is 14.7 Å². The summed E-state index contributed by atoms with van der Waals surface area (Å²) in [6.45, 7) is 5.35. The van der Waals surface area contributed by atoms with Crippen LogP contribution in [0.4, 0.5) is 10.5 Å². The lowest BCUT2D eigenvalue weighted by Gasteiger charge is -2.26. The van der Waals surface area contributed by atoms with E-state index in [9.17, 15) is 4.79 Å². The SMILES string of the molecule is Cc1cccc(C2=CCN(C(=O)Nc3cn(C)nc3C)CC2)c1. The smallest absolute Gasteiger partial charge is 0.320 e. The highest BCUT2D eigenvalue weighted by atomic mass is 16.2. The number of benzene rings is 1. The van der Waals surface area contributed by atoms with Gasteiger partial charge in [-0.1, -0.05) is 35.9 Å². The molecule has 2 aromatic rings. The average Bonchev–Trinajstić information content (AvgIpc) is 2.85. The van der Waals surface area contributed by atoms with E-state index < -0.39 is 0 Å². The summed E-state index contributed by atoms with van der Waals surface area (Å²) < 4.78 is 1.71. The van der Waals surface area contributed by atoms with Gasteiger partial charge in [-0.3, -0.25) is 4.68 Å². The quantitative estimate of drug-likeness (QED) is 0.924. The van der Waals surface area contributed by atoms with E-state index in [1.165, 1.54) is 16.7 Å². The minimum atomic E-state index is -0.0688. The Kier molecular flexibility index (Phi) is 4.19. The second-order valence-electron chi connectivity index (χ2n) is 6.03. The molecule has 0 saturated heterocycles. The van der Waals surface area contributed by atoms with Crippen LogP contribution in [-0.4, -0.2) is 33.8 Å². The normalized spacial score (nSPS) is 14.6. The summed E-state index contributed by atoms with van der Waals surface area (Å²) in [5, 5.41) is 7.18. The lowest BCUT2D eigenvalue weighted by Crippen LogP contribution is -2.37. The Morgan fingerprint density at radius 1 is 1.30 bits per heavy atom. The molecule has 0 bridgehead atoms. The third-order valence-corrected chi connectivity index (χ3v) is 4.14. The summed E-state index contributed by atoms with van der Waals surface area (Å²) in [6, 6.07) is 8.44. The van der Waals surface area contributed by atoms with Gasteiger partial charge in [0.1, 0.15) is 0 Å². The van der Waals surface area contributed by atoms with Crippen LogP contribution >= 0.6 is 0 Å². The van der Waals surface area contributed by atoms with E-state index in [4.69, 9.17) is 0 Å². The van der Waals surface area contributed by atoms with E-state index in [0.29, 0.717) is 6.54 Å². The first-order chi connectivity index (χ1) is 11.0. The zero-order valence-electron chi connectivity index (χ0n) is 13.8. The van der Waals surface area contributed by atoms with Crippen LogP contribution in [0.1, 0.15) is 23.2 Å². The number of aryl methyl sites for hydroxylation is 3. The van der Waals surface area contributed by atoms with Crippen molar-refractivity contribution in [2.24, 2.45) is 7.05 Å². The van der Waals surface area contributed by atoms with Gasteiger partial charge in [-0.05, 0) is 31.4 Å². The zero-order valence-corrected chi connectivity index (χ0v) is 13.8. The molecule has 0 spiro atoms. The molecule has 120 valence electrons. The van der Waals surface area contributed by atoms with Gasteiger partial charge in [0.05, 0.1) is 11.4 Å². The molecule has 2 amide bonds. The molecule has 1 aliphatic heterocycles. The number of anilines is 1. The summed E-state index contributed by atoms with van der Waals surface area (Å²) in [6.07, 6.45) is 4.85. The average molecular weight is 310 g/mol. The number of nitrogens with zero attached hydrogens (tertiary/aromatic N) is 3. The van der Waals surface area contributed by atoms with Crippen LogP contribution < -0.4 is 5.32 Å². The van der Waals surface area contributed by atoms with Gasteiger partial charge in [0.15, 0.2) is 0 Å². The topological polar surface area (TPSA) is 50.2 Å². The number of hydrogen-bond acceptors (Lipinski definition) is 2. The Balaban J connectivity index is 1.66. The van der Waals surface area contributed by atoms with Crippen LogP contribution in [0.25, 0.3) is 5.57 Å². The summed E-state index contributed by atoms with van der Waals surface area (Å²) in [4.78, 5) is 14.2. The monoisotopic (exact) mass is 310 g/mol. The van der Waals surface area contributed by atoms with Crippen molar-refractivity contribution in [3.63, 3.8) is 0 Å². The van der Waals surface area contributed by atoms with Crippen LogP contribution in [0.5, 0.6) is 0 Å². The van der Waals surface area contributed by atoms with Gasteiger partial charge in [-0.2, -0.15) is 5.10 Å². The van der Waals surface area contributed by atoms with Crippen LogP contribution in [0, 0.1) is 13.8 Å². The van der Waals surface area contributed by atoms with E-state index >= 15 is 0 Å². The fourth-order valence-electron chi connectivity index (χ4n) is 2.88. The lowest BCUT2D eigenvalue weighted by molar-refractivity contribution is 0.217. The molecule has 23 heavy (non-hydrogen) atoms. The second-order valence-corrected chi connectivity index (χ2v) is 6.03. The number of carbonyl (C=O) groups excluding carboxylic acids is 1. The molecule has 2 heterocycles. The number of rotatable bonds is 2. The number of aromatic nitrogens is 2. The second kappa shape index (κ2) is 6.28. The molecule has 0 fully saturated rings. The first-order valence-corrected chi connectivity index (χ1v) is 7.85. The first-order valence-electron chi connectivity index (χ1n) is 7.85. The third kappa shape index (κ3) is 3.44.